The van der Waals surface area contributed by atoms with E-state index in [9.17, 15) is 22.4 Å². The van der Waals surface area contributed by atoms with Crippen molar-refractivity contribution in [3.8, 4) is 5.75 Å². The van der Waals surface area contributed by atoms with E-state index in [0.29, 0.717) is 12.3 Å². The van der Waals surface area contributed by atoms with Crippen molar-refractivity contribution in [2.24, 2.45) is 5.92 Å². The van der Waals surface area contributed by atoms with Crippen molar-refractivity contribution < 1.29 is 27.1 Å². The van der Waals surface area contributed by atoms with E-state index >= 15 is 0 Å². The minimum atomic E-state index is -4.28. The molecule has 1 unspecified atom stereocenters. The monoisotopic (exact) mass is 589 g/mol. The number of methoxy groups -OCH3 is 1. The molecule has 0 aromatic heterocycles. The number of benzene rings is 3. The van der Waals surface area contributed by atoms with E-state index in [2.05, 4.69) is 5.32 Å². The molecular formula is C29H33ClFN3O5S. The third-order valence-electron chi connectivity index (χ3n) is 6.17. The fourth-order valence-electron chi connectivity index (χ4n) is 3.88. The lowest BCUT2D eigenvalue weighted by molar-refractivity contribution is -0.139. The van der Waals surface area contributed by atoms with Gasteiger partial charge in [-0.2, -0.15) is 0 Å². The van der Waals surface area contributed by atoms with E-state index in [0.717, 1.165) is 4.31 Å². The van der Waals surface area contributed by atoms with Crippen molar-refractivity contribution in [2.45, 2.75) is 38.3 Å². The highest BCUT2D eigenvalue weighted by Gasteiger charge is 2.33. The Labute approximate surface area is 239 Å². The molecule has 3 aromatic rings. The Balaban J connectivity index is 2.03. The van der Waals surface area contributed by atoms with Gasteiger partial charge in [-0.15, -0.1) is 0 Å². The maximum absolute atomic E-state index is 14.6. The highest BCUT2D eigenvalue weighted by molar-refractivity contribution is 7.92. The van der Waals surface area contributed by atoms with Gasteiger partial charge >= 0.3 is 0 Å². The first kappa shape index (κ1) is 30.9. The molecule has 0 fully saturated rings. The first-order valence-electron chi connectivity index (χ1n) is 12.7. The Kier molecular flexibility index (Phi) is 10.5. The Morgan fingerprint density at radius 3 is 2.27 bits per heavy atom. The first-order chi connectivity index (χ1) is 18.9. The predicted octanol–water partition coefficient (Wildman–Crippen LogP) is 4.87. The number of nitrogens with zero attached hydrogens (tertiary/aromatic N) is 2. The molecule has 0 radical (unpaired) electrons. The number of amides is 2. The molecule has 3 rings (SSSR count). The number of halogens is 2. The van der Waals surface area contributed by atoms with Crippen LogP contribution in [0, 0.1) is 11.7 Å². The van der Waals surface area contributed by atoms with E-state index in [-0.39, 0.29) is 33.6 Å². The average Bonchev–Trinajstić information content (AvgIpc) is 2.93. The average molecular weight is 590 g/mol. The number of hydrogen-bond donors (Lipinski definition) is 1. The normalized spacial score (nSPS) is 12.1. The van der Waals surface area contributed by atoms with E-state index in [1.807, 2.05) is 13.8 Å². The van der Waals surface area contributed by atoms with Gasteiger partial charge in [0.05, 0.1) is 17.7 Å². The van der Waals surface area contributed by atoms with Crippen molar-refractivity contribution in [1.82, 2.24) is 10.2 Å². The van der Waals surface area contributed by atoms with Crippen LogP contribution in [0.1, 0.15) is 26.3 Å². The molecule has 0 heterocycles. The summed E-state index contributed by atoms with van der Waals surface area (Å²) in [5, 5.41) is 3.06. The summed E-state index contributed by atoms with van der Waals surface area (Å²) < 4.78 is 48.3. The number of anilines is 1. The van der Waals surface area contributed by atoms with E-state index < -0.39 is 40.2 Å². The maximum atomic E-state index is 14.6. The van der Waals surface area contributed by atoms with Crippen LogP contribution in [-0.4, -0.2) is 51.4 Å². The third-order valence-corrected chi connectivity index (χ3v) is 8.20. The fraction of sp³-hybridized carbons (Fsp3) is 0.310. The molecule has 2 amide bonds. The molecule has 3 aromatic carbocycles. The summed E-state index contributed by atoms with van der Waals surface area (Å²) in [4.78, 5) is 27.9. The number of rotatable bonds is 12. The molecule has 1 atom stereocenters. The standard InChI is InChI=1S/C29H33ClFN3O5S/c1-20(2)17-32-29(36)21(3)33(18-22-8-5-6-11-27(22)31)28(35)19-34(24-10-7-9-23(30)16-24)40(37,38)26-14-12-25(39-4)13-15-26/h5-16,20-21H,17-19H2,1-4H3,(H,32,36). The number of carbonyl (C=O) groups is 2. The molecule has 0 aliphatic heterocycles. The van der Waals surface area contributed by atoms with Crippen LogP contribution < -0.4 is 14.4 Å². The highest BCUT2D eigenvalue weighted by Crippen LogP contribution is 2.28. The largest absolute Gasteiger partial charge is 0.497 e. The second kappa shape index (κ2) is 13.6. The van der Waals surface area contributed by atoms with Crippen LogP contribution in [-0.2, 0) is 26.2 Å². The second-order valence-corrected chi connectivity index (χ2v) is 11.9. The quantitative estimate of drug-likeness (QED) is 0.325. The number of ether oxygens (including phenoxy) is 1. The minimum absolute atomic E-state index is 0.0792. The smallest absolute Gasteiger partial charge is 0.264 e. The molecule has 0 saturated carbocycles. The first-order valence-corrected chi connectivity index (χ1v) is 14.5. The minimum Gasteiger partial charge on any atom is -0.497 e. The Morgan fingerprint density at radius 2 is 1.68 bits per heavy atom. The van der Waals surface area contributed by atoms with Crippen molar-refractivity contribution in [3.63, 3.8) is 0 Å². The van der Waals surface area contributed by atoms with Gasteiger partial charge in [0.15, 0.2) is 0 Å². The summed E-state index contributed by atoms with van der Waals surface area (Å²) in [6.07, 6.45) is 0. The zero-order chi connectivity index (χ0) is 29.4. The number of carbonyl (C=O) groups excluding carboxylic acids is 2. The van der Waals surface area contributed by atoms with Crippen molar-refractivity contribution in [1.29, 1.82) is 0 Å². The van der Waals surface area contributed by atoms with Gasteiger partial charge in [-0.1, -0.05) is 49.7 Å². The van der Waals surface area contributed by atoms with Crippen LogP contribution in [0.4, 0.5) is 10.1 Å². The molecule has 8 nitrogen and oxygen atoms in total. The topological polar surface area (TPSA) is 96.0 Å². The Hall–Kier alpha value is -3.63. The van der Waals surface area contributed by atoms with Gasteiger partial charge < -0.3 is 15.0 Å². The van der Waals surface area contributed by atoms with Crippen LogP contribution in [0.3, 0.4) is 0 Å². The van der Waals surface area contributed by atoms with Crippen LogP contribution in [0.2, 0.25) is 5.02 Å². The van der Waals surface area contributed by atoms with Crippen molar-refractivity contribution in [3.05, 3.63) is 89.2 Å². The SMILES string of the molecule is COc1ccc(S(=O)(=O)N(CC(=O)N(Cc2ccccc2F)C(C)C(=O)NCC(C)C)c2cccc(Cl)c2)cc1. The predicted molar refractivity (Wildman–Crippen MR) is 153 cm³/mol. The summed E-state index contributed by atoms with van der Waals surface area (Å²) in [6.45, 7) is 4.86. The molecule has 0 saturated heterocycles. The molecule has 11 heteroatoms. The summed E-state index contributed by atoms with van der Waals surface area (Å²) in [6, 6.07) is 16.7. The van der Waals surface area contributed by atoms with Gasteiger partial charge in [0.25, 0.3) is 10.0 Å². The van der Waals surface area contributed by atoms with Gasteiger partial charge in [0, 0.05) is 23.7 Å². The van der Waals surface area contributed by atoms with Crippen LogP contribution >= 0.6 is 11.6 Å². The summed E-state index contributed by atoms with van der Waals surface area (Å²) >= 11 is 6.17. The fourth-order valence-corrected chi connectivity index (χ4v) is 5.47. The van der Waals surface area contributed by atoms with E-state index in [1.165, 1.54) is 73.5 Å². The molecule has 0 spiro atoms. The lowest BCUT2D eigenvalue weighted by Gasteiger charge is -2.32. The van der Waals surface area contributed by atoms with Crippen LogP contribution in [0.5, 0.6) is 5.75 Å². The maximum Gasteiger partial charge on any atom is 0.264 e. The Morgan fingerprint density at radius 1 is 1.00 bits per heavy atom. The number of nitrogens with one attached hydrogen (secondary N) is 1. The van der Waals surface area contributed by atoms with Gasteiger partial charge in [-0.05, 0) is 61.4 Å². The summed E-state index contributed by atoms with van der Waals surface area (Å²) in [5.74, 6) is -1.06. The van der Waals surface area contributed by atoms with Gasteiger partial charge in [-0.25, -0.2) is 12.8 Å². The molecule has 0 aliphatic rings. The van der Waals surface area contributed by atoms with Crippen LogP contribution in [0.15, 0.2) is 77.7 Å². The lowest BCUT2D eigenvalue weighted by atomic mass is 10.1. The summed E-state index contributed by atoms with van der Waals surface area (Å²) in [5.41, 5.74) is 0.339. The van der Waals surface area contributed by atoms with Crippen molar-refractivity contribution in [2.75, 3.05) is 24.5 Å². The molecule has 0 bridgehead atoms. The van der Waals surface area contributed by atoms with Crippen LogP contribution in [0.25, 0.3) is 0 Å². The third kappa shape index (κ3) is 7.73. The van der Waals surface area contributed by atoms with Gasteiger partial charge in [0.1, 0.15) is 24.2 Å². The molecule has 1 N–H and O–H groups in total. The highest BCUT2D eigenvalue weighted by atomic mass is 35.5. The van der Waals surface area contributed by atoms with E-state index in [1.54, 1.807) is 18.2 Å². The van der Waals surface area contributed by atoms with Crippen molar-refractivity contribution >= 4 is 39.1 Å². The van der Waals surface area contributed by atoms with Gasteiger partial charge in [-0.3, -0.25) is 13.9 Å². The summed E-state index contributed by atoms with van der Waals surface area (Å²) in [7, 11) is -2.81. The second-order valence-electron chi connectivity index (χ2n) is 9.60. The molecular weight excluding hydrogens is 557 g/mol. The number of hydrogen-bond acceptors (Lipinski definition) is 5. The Bertz CT molecular complexity index is 1430. The molecule has 0 aliphatic carbocycles. The molecule has 40 heavy (non-hydrogen) atoms. The number of sulfonamides is 1. The zero-order valence-corrected chi connectivity index (χ0v) is 24.4. The lowest BCUT2D eigenvalue weighted by Crippen LogP contribution is -2.51. The molecule has 214 valence electrons. The van der Waals surface area contributed by atoms with Gasteiger partial charge in [0.2, 0.25) is 11.8 Å². The van der Waals surface area contributed by atoms with E-state index in [4.69, 9.17) is 16.3 Å². The zero-order valence-electron chi connectivity index (χ0n) is 22.8.